The standard InChI is InChI=1S/C21H24N4O2.ClH/c1-14(24-11-16(17(22)12-24)15-7-3-2-4-8-15)21(27)25-13-20(26)23-18-9-5-6-10-19(18)25;/h2-10,14,16-17H,11-13,22H2,1H3,(H,23,26);1H/t14?,16-,17+;/m0./s1. The van der Waals surface area contributed by atoms with Gasteiger partial charge in [-0.25, -0.2) is 0 Å². The van der Waals surface area contributed by atoms with Crippen molar-refractivity contribution in [2.45, 2.75) is 24.9 Å². The fourth-order valence-electron chi connectivity index (χ4n) is 4.04. The number of nitrogens with two attached hydrogens (primary N) is 1. The van der Waals surface area contributed by atoms with Gasteiger partial charge in [-0.3, -0.25) is 19.4 Å². The summed E-state index contributed by atoms with van der Waals surface area (Å²) in [7, 11) is 0. The first kappa shape index (κ1) is 20.3. The Kier molecular flexibility index (Phi) is 6.03. The molecule has 1 saturated heterocycles. The van der Waals surface area contributed by atoms with Gasteiger partial charge < -0.3 is 11.1 Å². The molecule has 0 saturated carbocycles. The van der Waals surface area contributed by atoms with Crippen molar-refractivity contribution >= 4 is 35.6 Å². The number of hydrogen-bond acceptors (Lipinski definition) is 4. The van der Waals surface area contributed by atoms with Crippen molar-refractivity contribution in [2.75, 3.05) is 29.9 Å². The second kappa shape index (κ2) is 8.31. The number of likely N-dealkylation sites (tertiary alicyclic amines) is 1. The third-order valence-electron chi connectivity index (χ3n) is 5.56. The van der Waals surface area contributed by atoms with Crippen LogP contribution >= 0.6 is 12.4 Å². The van der Waals surface area contributed by atoms with Crippen LogP contribution in [0.15, 0.2) is 54.6 Å². The third kappa shape index (κ3) is 3.76. The van der Waals surface area contributed by atoms with E-state index in [1.54, 1.807) is 4.90 Å². The molecule has 148 valence electrons. The highest BCUT2D eigenvalue weighted by Gasteiger charge is 2.38. The van der Waals surface area contributed by atoms with Crippen LogP contribution in [0.1, 0.15) is 18.4 Å². The predicted octanol–water partition coefficient (Wildman–Crippen LogP) is 2.21. The van der Waals surface area contributed by atoms with E-state index in [4.69, 9.17) is 5.73 Å². The first-order valence-electron chi connectivity index (χ1n) is 9.29. The SMILES string of the molecule is CC(C(=O)N1CC(=O)Nc2ccccc21)N1C[C@@H](N)[C@H](c2ccccc2)C1.Cl. The molecule has 0 radical (unpaired) electrons. The van der Waals surface area contributed by atoms with Gasteiger partial charge in [0.05, 0.1) is 17.4 Å². The van der Waals surface area contributed by atoms with E-state index >= 15 is 0 Å². The van der Waals surface area contributed by atoms with Gasteiger partial charge in [0.25, 0.3) is 0 Å². The van der Waals surface area contributed by atoms with Crippen LogP contribution in [0.25, 0.3) is 0 Å². The largest absolute Gasteiger partial charge is 0.326 e. The second-order valence-corrected chi connectivity index (χ2v) is 7.30. The van der Waals surface area contributed by atoms with E-state index in [0.29, 0.717) is 12.2 Å². The van der Waals surface area contributed by atoms with Gasteiger partial charge in [-0.1, -0.05) is 42.5 Å². The molecule has 1 unspecified atom stereocenters. The summed E-state index contributed by atoms with van der Waals surface area (Å²) in [5.74, 6) is -0.0360. The maximum Gasteiger partial charge on any atom is 0.244 e. The molecule has 0 bridgehead atoms. The van der Waals surface area contributed by atoms with Crippen LogP contribution < -0.4 is 16.0 Å². The Morgan fingerprint density at radius 2 is 1.79 bits per heavy atom. The minimum atomic E-state index is -0.344. The molecule has 2 aliphatic heterocycles. The molecule has 2 aliphatic rings. The minimum absolute atomic E-state index is 0. The van der Waals surface area contributed by atoms with Crippen molar-refractivity contribution in [1.29, 1.82) is 0 Å². The Balaban J connectivity index is 0.00000225. The van der Waals surface area contributed by atoms with Gasteiger partial charge in [0, 0.05) is 25.0 Å². The monoisotopic (exact) mass is 400 g/mol. The Morgan fingerprint density at radius 3 is 2.54 bits per heavy atom. The van der Waals surface area contributed by atoms with Crippen LogP contribution in [0.2, 0.25) is 0 Å². The molecule has 2 amide bonds. The van der Waals surface area contributed by atoms with Crippen molar-refractivity contribution in [3.8, 4) is 0 Å². The van der Waals surface area contributed by atoms with Crippen molar-refractivity contribution < 1.29 is 9.59 Å². The lowest BCUT2D eigenvalue weighted by Crippen LogP contribution is -2.51. The summed E-state index contributed by atoms with van der Waals surface area (Å²) in [6.07, 6.45) is 0. The highest BCUT2D eigenvalue weighted by Crippen LogP contribution is 2.32. The van der Waals surface area contributed by atoms with E-state index in [1.807, 2.05) is 49.4 Å². The van der Waals surface area contributed by atoms with E-state index in [0.717, 1.165) is 12.2 Å². The summed E-state index contributed by atoms with van der Waals surface area (Å²) in [6.45, 7) is 3.34. The van der Waals surface area contributed by atoms with Crippen molar-refractivity contribution in [2.24, 2.45) is 5.73 Å². The molecular formula is C21H25ClN4O2. The maximum atomic E-state index is 13.2. The van der Waals surface area contributed by atoms with Crippen molar-refractivity contribution in [3.05, 3.63) is 60.2 Å². The smallest absolute Gasteiger partial charge is 0.244 e. The molecule has 3 atom stereocenters. The summed E-state index contributed by atoms with van der Waals surface area (Å²) in [6, 6.07) is 17.2. The molecule has 2 aromatic rings. The lowest BCUT2D eigenvalue weighted by Gasteiger charge is -2.33. The number of hydrogen-bond donors (Lipinski definition) is 2. The Bertz CT molecular complexity index is 860. The number of rotatable bonds is 3. The second-order valence-electron chi connectivity index (χ2n) is 7.30. The van der Waals surface area contributed by atoms with Crippen molar-refractivity contribution in [1.82, 2.24) is 4.90 Å². The number of amides is 2. The molecule has 4 rings (SSSR count). The number of nitrogens with zero attached hydrogens (tertiary/aromatic N) is 2. The third-order valence-corrected chi connectivity index (χ3v) is 5.56. The zero-order valence-electron chi connectivity index (χ0n) is 15.7. The van der Waals surface area contributed by atoms with E-state index in [1.165, 1.54) is 5.56 Å². The first-order chi connectivity index (χ1) is 13.0. The zero-order chi connectivity index (χ0) is 19.0. The predicted molar refractivity (Wildman–Crippen MR) is 113 cm³/mol. The topological polar surface area (TPSA) is 78.7 Å². The number of para-hydroxylation sites is 2. The Hall–Kier alpha value is -2.41. The van der Waals surface area contributed by atoms with Gasteiger partial charge in [0.15, 0.2) is 0 Å². The fraction of sp³-hybridized carbons (Fsp3) is 0.333. The van der Waals surface area contributed by atoms with Crippen LogP contribution in [0.3, 0.4) is 0 Å². The van der Waals surface area contributed by atoms with Crippen LogP contribution in [0, 0.1) is 0 Å². The number of carbonyl (C=O) groups is 2. The summed E-state index contributed by atoms with van der Waals surface area (Å²) in [5.41, 5.74) is 9.01. The molecule has 2 heterocycles. The molecule has 1 fully saturated rings. The van der Waals surface area contributed by atoms with Crippen LogP contribution in [-0.4, -0.2) is 48.4 Å². The number of fused-ring (bicyclic) bond motifs is 1. The molecule has 2 aromatic carbocycles. The molecular weight excluding hydrogens is 376 g/mol. The lowest BCUT2D eigenvalue weighted by molar-refractivity contribution is -0.125. The number of benzene rings is 2. The van der Waals surface area contributed by atoms with Crippen LogP contribution in [0.5, 0.6) is 0 Å². The Morgan fingerprint density at radius 1 is 1.11 bits per heavy atom. The van der Waals surface area contributed by atoms with E-state index < -0.39 is 0 Å². The van der Waals surface area contributed by atoms with Gasteiger partial charge in [-0.05, 0) is 24.6 Å². The lowest BCUT2D eigenvalue weighted by atomic mass is 9.95. The summed E-state index contributed by atoms with van der Waals surface area (Å²) in [4.78, 5) is 29.0. The zero-order valence-corrected chi connectivity index (χ0v) is 16.6. The first-order valence-corrected chi connectivity index (χ1v) is 9.29. The highest BCUT2D eigenvalue weighted by molar-refractivity contribution is 6.11. The molecule has 0 spiro atoms. The molecule has 3 N–H and O–H groups in total. The van der Waals surface area contributed by atoms with E-state index in [9.17, 15) is 9.59 Å². The van der Waals surface area contributed by atoms with Gasteiger partial charge in [0.2, 0.25) is 11.8 Å². The molecule has 0 aromatic heterocycles. The van der Waals surface area contributed by atoms with Gasteiger partial charge >= 0.3 is 0 Å². The minimum Gasteiger partial charge on any atom is -0.326 e. The number of anilines is 2. The average molecular weight is 401 g/mol. The molecule has 28 heavy (non-hydrogen) atoms. The molecule has 6 nitrogen and oxygen atoms in total. The van der Waals surface area contributed by atoms with Gasteiger partial charge in [0.1, 0.15) is 6.54 Å². The Labute approximate surface area is 171 Å². The quantitative estimate of drug-likeness (QED) is 0.827. The average Bonchev–Trinajstić information content (AvgIpc) is 3.08. The fourth-order valence-corrected chi connectivity index (χ4v) is 4.04. The van der Waals surface area contributed by atoms with Crippen molar-refractivity contribution in [3.63, 3.8) is 0 Å². The molecule has 7 heteroatoms. The van der Waals surface area contributed by atoms with Crippen LogP contribution in [0.4, 0.5) is 11.4 Å². The van der Waals surface area contributed by atoms with Gasteiger partial charge in [-0.15, -0.1) is 12.4 Å². The number of halogens is 1. The normalized spacial score (nSPS) is 22.8. The highest BCUT2D eigenvalue weighted by atomic mass is 35.5. The van der Waals surface area contributed by atoms with E-state index in [-0.39, 0.29) is 48.8 Å². The molecule has 0 aliphatic carbocycles. The van der Waals surface area contributed by atoms with Crippen LogP contribution in [-0.2, 0) is 9.59 Å². The maximum absolute atomic E-state index is 13.2. The number of nitrogens with one attached hydrogen (secondary N) is 1. The summed E-state index contributed by atoms with van der Waals surface area (Å²) >= 11 is 0. The van der Waals surface area contributed by atoms with E-state index in [2.05, 4.69) is 22.3 Å². The van der Waals surface area contributed by atoms with Gasteiger partial charge in [-0.2, -0.15) is 0 Å². The summed E-state index contributed by atoms with van der Waals surface area (Å²) in [5, 5.41) is 2.82. The number of carbonyl (C=O) groups excluding carboxylic acids is 2. The summed E-state index contributed by atoms with van der Waals surface area (Å²) < 4.78 is 0.